The predicted molar refractivity (Wildman–Crippen MR) is 128 cm³/mol. The molecule has 1 N–H and O–H groups in total. The van der Waals surface area contributed by atoms with Crippen molar-refractivity contribution >= 4 is 17.4 Å². The topological polar surface area (TPSA) is 76.1 Å². The average molecular weight is 452 g/mol. The number of hydrogen-bond acceptors (Lipinski definition) is 5. The Morgan fingerprint density at radius 2 is 1.79 bits per heavy atom. The number of aliphatic hydroxyl groups excluding tert-OH is 1. The molecular formula is C27H33NO5. The molecule has 0 radical (unpaired) electrons. The molecule has 1 amide bonds. The quantitative estimate of drug-likeness (QED) is 0.257. The van der Waals surface area contributed by atoms with E-state index in [9.17, 15) is 14.7 Å². The zero-order valence-corrected chi connectivity index (χ0v) is 20.1. The molecule has 0 spiro atoms. The van der Waals surface area contributed by atoms with Crippen LogP contribution < -0.4 is 4.74 Å². The fourth-order valence-electron chi connectivity index (χ4n) is 3.98. The highest BCUT2D eigenvalue weighted by molar-refractivity contribution is 6.46. The van der Waals surface area contributed by atoms with Crippen molar-refractivity contribution in [2.45, 2.75) is 40.2 Å². The SMILES string of the molecule is COCCCN1C(=O)C(=O)/C(=C(/O)c2ccc(OCC(C)C)cc2C)[C@H]1c1ccc(C)cc1. The van der Waals surface area contributed by atoms with Crippen molar-refractivity contribution in [1.29, 1.82) is 0 Å². The van der Waals surface area contributed by atoms with Gasteiger partial charge >= 0.3 is 0 Å². The second-order valence-corrected chi connectivity index (χ2v) is 8.93. The van der Waals surface area contributed by atoms with Crippen LogP contribution in [-0.2, 0) is 14.3 Å². The maximum absolute atomic E-state index is 13.1. The fraction of sp³-hybridized carbons (Fsp3) is 0.407. The lowest BCUT2D eigenvalue weighted by molar-refractivity contribution is -0.140. The summed E-state index contributed by atoms with van der Waals surface area (Å²) >= 11 is 0. The third-order valence-electron chi connectivity index (χ3n) is 5.72. The first-order valence-corrected chi connectivity index (χ1v) is 11.3. The van der Waals surface area contributed by atoms with E-state index in [2.05, 4.69) is 13.8 Å². The molecule has 0 aromatic heterocycles. The number of nitrogens with zero attached hydrogens (tertiary/aromatic N) is 1. The molecular weight excluding hydrogens is 418 g/mol. The largest absolute Gasteiger partial charge is 0.507 e. The standard InChI is InChI=1S/C27H33NO5/c1-17(2)16-33-21-11-12-22(19(4)15-21)25(29)23-24(20-9-7-18(3)8-10-20)28(13-6-14-32-5)27(31)26(23)30/h7-12,15,17,24,29H,6,13-14,16H2,1-5H3/b25-23+/t24-/m1/s1. The van der Waals surface area contributed by atoms with Crippen LogP contribution in [0, 0.1) is 19.8 Å². The molecule has 1 aliphatic rings. The maximum Gasteiger partial charge on any atom is 0.295 e. The summed E-state index contributed by atoms with van der Waals surface area (Å²) in [6.07, 6.45) is 0.590. The fourth-order valence-corrected chi connectivity index (χ4v) is 3.98. The molecule has 1 aliphatic heterocycles. The first-order valence-electron chi connectivity index (χ1n) is 11.3. The van der Waals surface area contributed by atoms with E-state index in [1.807, 2.05) is 44.2 Å². The minimum Gasteiger partial charge on any atom is -0.507 e. The Balaban J connectivity index is 2.05. The van der Waals surface area contributed by atoms with Gasteiger partial charge in [-0.1, -0.05) is 43.7 Å². The Bertz CT molecular complexity index is 1040. The molecule has 1 saturated heterocycles. The van der Waals surface area contributed by atoms with Crippen LogP contribution in [0.5, 0.6) is 5.75 Å². The third kappa shape index (κ3) is 5.45. The Hall–Kier alpha value is -3.12. The summed E-state index contributed by atoms with van der Waals surface area (Å²) in [4.78, 5) is 27.6. The van der Waals surface area contributed by atoms with Crippen molar-refractivity contribution in [2.24, 2.45) is 5.92 Å². The number of aliphatic hydroxyl groups is 1. The molecule has 0 bridgehead atoms. The van der Waals surface area contributed by atoms with Gasteiger partial charge in [0.2, 0.25) is 0 Å². The van der Waals surface area contributed by atoms with E-state index in [-0.39, 0.29) is 11.3 Å². The number of likely N-dealkylation sites (tertiary alicyclic amines) is 1. The zero-order valence-electron chi connectivity index (χ0n) is 20.1. The van der Waals surface area contributed by atoms with Gasteiger partial charge in [-0.3, -0.25) is 9.59 Å². The molecule has 0 unspecified atom stereocenters. The number of carbonyl (C=O) groups is 2. The predicted octanol–water partition coefficient (Wildman–Crippen LogP) is 4.80. The molecule has 2 aromatic carbocycles. The number of rotatable bonds is 9. The smallest absolute Gasteiger partial charge is 0.295 e. The maximum atomic E-state index is 13.1. The van der Waals surface area contributed by atoms with Gasteiger partial charge in [-0.15, -0.1) is 0 Å². The molecule has 3 rings (SSSR count). The van der Waals surface area contributed by atoms with Crippen molar-refractivity contribution in [3.05, 3.63) is 70.3 Å². The van der Waals surface area contributed by atoms with E-state index >= 15 is 0 Å². The van der Waals surface area contributed by atoms with Crippen molar-refractivity contribution < 1.29 is 24.2 Å². The molecule has 2 aromatic rings. The number of amides is 1. The molecule has 33 heavy (non-hydrogen) atoms. The average Bonchev–Trinajstić information content (AvgIpc) is 3.03. The Kier molecular flexibility index (Phi) is 7.92. The third-order valence-corrected chi connectivity index (χ3v) is 5.72. The van der Waals surface area contributed by atoms with Crippen LogP contribution >= 0.6 is 0 Å². The van der Waals surface area contributed by atoms with Gasteiger partial charge in [-0.25, -0.2) is 0 Å². The highest BCUT2D eigenvalue weighted by atomic mass is 16.5. The molecule has 176 valence electrons. The highest BCUT2D eigenvalue weighted by Gasteiger charge is 2.45. The number of ketones is 1. The van der Waals surface area contributed by atoms with Crippen molar-refractivity contribution in [3.8, 4) is 5.75 Å². The van der Waals surface area contributed by atoms with Gasteiger partial charge in [-0.2, -0.15) is 0 Å². The van der Waals surface area contributed by atoms with Crippen LogP contribution in [-0.4, -0.2) is 48.6 Å². The number of hydrogen-bond donors (Lipinski definition) is 1. The summed E-state index contributed by atoms with van der Waals surface area (Å²) < 4.78 is 10.9. The van der Waals surface area contributed by atoms with Crippen LogP contribution in [0.3, 0.4) is 0 Å². The number of ether oxygens (including phenoxy) is 2. The Morgan fingerprint density at radius 3 is 2.39 bits per heavy atom. The minimum atomic E-state index is -0.671. The van der Waals surface area contributed by atoms with Crippen LogP contribution in [0.4, 0.5) is 0 Å². The van der Waals surface area contributed by atoms with E-state index in [1.54, 1.807) is 19.2 Å². The van der Waals surface area contributed by atoms with Gasteiger partial charge in [0.1, 0.15) is 11.5 Å². The van der Waals surface area contributed by atoms with Crippen molar-refractivity contribution in [1.82, 2.24) is 4.90 Å². The molecule has 1 atom stereocenters. The summed E-state index contributed by atoms with van der Waals surface area (Å²) in [5.41, 5.74) is 3.25. The summed E-state index contributed by atoms with van der Waals surface area (Å²) in [6, 6.07) is 12.4. The van der Waals surface area contributed by atoms with Crippen molar-refractivity contribution in [3.63, 3.8) is 0 Å². The number of Topliss-reactive ketones (excluding diaryl/α,β-unsaturated/α-hetero) is 1. The number of benzene rings is 2. The summed E-state index contributed by atoms with van der Waals surface area (Å²) in [7, 11) is 1.60. The normalized spacial score (nSPS) is 17.8. The van der Waals surface area contributed by atoms with Crippen LogP contribution in [0.1, 0.15) is 48.6 Å². The van der Waals surface area contributed by atoms with E-state index in [0.29, 0.717) is 43.4 Å². The highest BCUT2D eigenvalue weighted by Crippen LogP contribution is 2.40. The van der Waals surface area contributed by atoms with E-state index in [0.717, 1.165) is 16.7 Å². The first-order chi connectivity index (χ1) is 15.7. The molecule has 6 nitrogen and oxygen atoms in total. The minimum absolute atomic E-state index is 0.111. The van der Waals surface area contributed by atoms with Gasteiger partial charge in [0.05, 0.1) is 18.2 Å². The number of methoxy groups -OCH3 is 1. The van der Waals surface area contributed by atoms with Crippen LogP contribution in [0.25, 0.3) is 5.76 Å². The molecule has 1 fully saturated rings. The zero-order chi connectivity index (χ0) is 24.1. The van der Waals surface area contributed by atoms with Gasteiger partial charge in [0.25, 0.3) is 11.7 Å². The lowest BCUT2D eigenvalue weighted by Crippen LogP contribution is -2.31. The summed E-state index contributed by atoms with van der Waals surface area (Å²) in [5, 5.41) is 11.3. The van der Waals surface area contributed by atoms with Crippen molar-refractivity contribution in [2.75, 3.05) is 26.9 Å². The molecule has 0 aliphatic carbocycles. The van der Waals surface area contributed by atoms with E-state index < -0.39 is 17.7 Å². The van der Waals surface area contributed by atoms with E-state index in [1.165, 1.54) is 4.90 Å². The van der Waals surface area contributed by atoms with Gasteiger partial charge in [0.15, 0.2) is 0 Å². The molecule has 1 heterocycles. The van der Waals surface area contributed by atoms with Crippen LogP contribution in [0.2, 0.25) is 0 Å². The lowest BCUT2D eigenvalue weighted by atomic mass is 9.93. The summed E-state index contributed by atoms with van der Waals surface area (Å²) in [5.74, 6) is -0.348. The second kappa shape index (κ2) is 10.7. The van der Waals surface area contributed by atoms with E-state index in [4.69, 9.17) is 9.47 Å². The summed E-state index contributed by atoms with van der Waals surface area (Å²) in [6.45, 7) is 9.39. The van der Waals surface area contributed by atoms with Gasteiger partial charge < -0.3 is 19.5 Å². The molecule has 6 heteroatoms. The first kappa shape index (κ1) is 24.5. The van der Waals surface area contributed by atoms with Gasteiger partial charge in [0, 0.05) is 25.8 Å². The lowest BCUT2D eigenvalue weighted by Gasteiger charge is -2.25. The monoisotopic (exact) mass is 451 g/mol. The van der Waals surface area contributed by atoms with Gasteiger partial charge in [-0.05, 0) is 55.5 Å². The Labute approximate surface area is 195 Å². The molecule has 0 saturated carbocycles. The number of aryl methyl sites for hydroxylation is 2. The second-order valence-electron chi connectivity index (χ2n) is 8.93. The number of carbonyl (C=O) groups excluding carboxylic acids is 2. The Morgan fingerprint density at radius 1 is 1.09 bits per heavy atom. The van der Waals surface area contributed by atoms with Crippen LogP contribution in [0.15, 0.2) is 48.0 Å².